The van der Waals surface area contributed by atoms with Crippen molar-refractivity contribution in [1.82, 2.24) is 0 Å². The van der Waals surface area contributed by atoms with Gasteiger partial charge in [-0.15, -0.1) is 0 Å². The summed E-state index contributed by atoms with van der Waals surface area (Å²) in [5, 5.41) is 8.97. The summed E-state index contributed by atoms with van der Waals surface area (Å²) >= 11 is 0. The molecule has 0 aliphatic heterocycles. The van der Waals surface area contributed by atoms with Gasteiger partial charge in [-0.1, -0.05) is 42.5 Å². The average molecular weight is 423 g/mol. The first-order valence-corrected chi connectivity index (χ1v) is 10.1. The first-order valence-electron chi connectivity index (χ1n) is 10.1. The molecule has 0 aromatic heterocycles. The molecule has 0 aliphatic rings. The summed E-state index contributed by atoms with van der Waals surface area (Å²) in [7, 11) is 0. The Morgan fingerprint density at radius 3 is 2.19 bits per heavy atom. The SMILES string of the molecule is O=C(O)c1ccc(COc2cccc(C=Nc3ccc(Oc4ccccc4)cc3)c2)cc1. The van der Waals surface area contributed by atoms with E-state index in [0.29, 0.717) is 12.4 Å². The normalized spacial score (nSPS) is 10.8. The molecule has 0 spiro atoms. The minimum Gasteiger partial charge on any atom is -0.489 e. The lowest BCUT2D eigenvalue weighted by molar-refractivity contribution is 0.0697. The van der Waals surface area contributed by atoms with Gasteiger partial charge in [-0.25, -0.2) is 4.79 Å². The minimum absolute atomic E-state index is 0.256. The van der Waals surface area contributed by atoms with Crippen molar-refractivity contribution in [3.8, 4) is 17.2 Å². The Hall–Kier alpha value is -4.38. The third-order valence-electron chi connectivity index (χ3n) is 4.64. The quantitative estimate of drug-likeness (QED) is 0.328. The first kappa shape index (κ1) is 20.9. The largest absolute Gasteiger partial charge is 0.489 e. The Morgan fingerprint density at radius 1 is 0.781 bits per heavy atom. The molecule has 0 atom stereocenters. The van der Waals surface area contributed by atoms with Crippen LogP contribution in [0.3, 0.4) is 0 Å². The van der Waals surface area contributed by atoms with E-state index in [4.69, 9.17) is 14.6 Å². The Labute approximate surface area is 186 Å². The van der Waals surface area contributed by atoms with Crippen LogP contribution in [-0.4, -0.2) is 17.3 Å². The zero-order valence-electron chi connectivity index (χ0n) is 17.2. The van der Waals surface area contributed by atoms with Crippen molar-refractivity contribution in [2.75, 3.05) is 0 Å². The van der Waals surface area contributed by atoms with E-state index in [9.17, 15) is 4.79 Å². The molecular weight excluding hydrogens is 402 g/mol. The Bertz CT molecular complexity index is 1200. The third-order valence-corrected chi connectivity index (χ3v) is 4.64. The van der Waals surface area contributed by atoms with Gasteiger partial charge < -0.3 is 14.6 Å². The van der Waals surface area contributed by atoms with Gasteiger partial charge in [0.1, 0.15) is 23.9 Å². The summed E-state index contributed by atoms with van der Waals surface area (Å²) in [4.78, 5) is 15.5. The van der Waals surface area contributed by atoms with Crippen molar-refractivity contribution in [1.29, 1.82) is 0 Å². The second-order valence-electron chi connectivity index (χ2n) is 7.03. The number of hydrogen-bond acceptors (Lipinski definition) is 4. The summed E-state index contributed by atoms with van der Waals surface area (Å²) in [6, 6.07) is 31.5. The van der Waals surface area contributed by atoms with E-state index < -0.39 is 5.97 Å². The van der Waals surface area contributed by atoms with E-state index in [1.807, 2.05) is 78.9 Å². The highest BCUT2D eigenvalue weighted by atomic mass is 16.5. The van der Waals surface area contributed by atoms with Crippen molar-refractivity contribution in [2.24, 2.45) is 4.99 Å². The van der Waals surface area contributed by atoms with Gasteiger partial charge in [0.25, 0.3) is 0 Å². The van der Waals surface area contributed by atoms with Crippen molar-refractivity contribution in [3.63, 3.8) is 0 Å². The van der Waals surface area contributed by atoms with Gasteiger partial charge in [0.15, 0.2) is 0 Å². The van der Waals surface area contributed by atoms with Gasteiger partial charge in [0, 0.05) is 6.21 Å². The maximum Gasteiger partial charge on any atom is 0.335 e. The van der Waals surface area contributed by atoms with Crippen LogP contribution >= 0.6 is 0 Å². The number of benzene rings is 4. The fourth-order valence-electron chi connectivity index (χ4n) is 2.97. The zero-order valence-corrected chi connectivity index (χ0v) is 17.2. The maximum atomic E-state index is 10.9. The summed E-state index contributed by atoms with van der Waals surface area (Å²) in [6.07, 6.45) is 1.78. The van der Waals surface area contributed by atoms with Crippen LogP contribution in [0.2, 0.25) is 0 Å². The Balaban J connectivity index is 1.35. The van der Waals surface area contributed by atoms with Crippen molar-refractivity contribution < 1.29 is 19.4 Å². The van der Waals surface area contributed by atoms with Crippen LogP contribution in [0.5, 0.6) is 17.2 Å². The molecule has 5 nitrogen and oxygen atoms in total. The van der Waals surface area contributed by atoms with Crippen molar-refractivity contribution >= 4 is 17.9 Å². The summed E-state index contributed by atoms with van der Waals surface area (Å²) in [5.41, 5.74) is 2.88. The molecule has 5 heteroatoms. The number of aliphatic imine (C=N–C) groups is 1. The van der Waals surface area contributed by atoms with Crippen LogP contribution in [0, 0.1) is 0 Å². The number of carboxylic acid groups (broad SMARTS) is 1. The number of carboxylic acids is 1. The average Bonchev–Trinajstić information content (AvgIpc) is 2.83. The third kappa shape index (κ3) is 5.83. The second-order valence-corrected chi connectivity index (χ2v) is 7.03. The minimum atomic E-state index is -0.942. The van der Waals surface area contributed by atoms with Gasteiger partial charge >= 0.3 is 5.97 Å². The number of carbonyl (C=O) groups is 1. The highest BCUT2D eigenvalue weighted by Gasteiger charge is 2.03. The van der Waals surface area contributed by atoms with Crippen LogP contribution in [0.25, 0.3) is 0 Å². The van der Waals surface area contributed by atoms with Gasteiger partial charge in [-0.3, -0.25) is 4.99 Å². The Kier molecular flexibility index (Phi) is 6.58. The topological polar surface area (TPSA) is 68.1 Å². The first-order chi connectivity index (χ1) is 15.7. The molecule has 0 saturated heterocycles. The highest BCUT2D eigenvalue weighted by molar-refractivity contribution is 5.87. The van der Waals surface area contributed by atoms with E-state index in [1.54, 1.807) is 30.5 Å². The number of ether oxygens (including phenoxy) is 2. The molecule has 4 rings (SSSR count). The lowest BCUT2D eigenvalue weighted by atomic mass is 10.1. The van der Waals surface area contributed by atoms with Gasteiger partial charge in [0.05, 0.1) is 11.3 Å². The lowest BCUT2D eigenvalue weighted by Crippen LogP contribution is -1.99. The molecule has 4 aromatic carbocycles. The summed E-state index contributed by atoms with van der Waals surface area (Å²) < 4.78 is 11.6. The summed E-state index contributed by atoms with van der Waals surface area (Å²) in [5.74, 6) is 1.31. The molecule has 0 radical (unpaired) electrons. The molecule has 0 amide bonds. The molecule has 4 aromatic rings. The van der Waals surface area contributed by atoms with Gasteiger partial charge in [-0.2, -0.15) is 0 Å². The van der Waals surface area contributed by atoms with Gasteiger partial charge in [0.2, 0.25) is 0 Å². The molecule has 0 fully saturated rings. The highest BCUT2D eigenvalue weighted by Crippen LogP contribution is 2.24. The molecule has 0 aliphatic carbocycles. The standard InChI is InChI=1S/C27H21NO4/c29-27(30)22-11-9-20(10-12-22)19-31-26-8-4-5-21(17-26)18-28-23-13-15-25(16-14-23)32-24-6-2-1-3-7-24/h1-18H,19H2,(H,29,30). The number of nitrogens with zero attached hydrogens (tertiary/aromatic N) is 1. The molecule has 1 N–H and O–H groups in total. The number of para-hydroxylation sites is 1. The molecule has 32 heavy (non-hydrogen) atoms. The van der Waals surface area contributed by atoms with Crippen LogP contribution < -0.4 is 9.47 Å². The monoisotopic (exact) mass is 423 g/mol. The van der Waals surface area contributed by atoms with E-state index in [-0.39, 0.29) is 5.56 Å². The zero-order chi connectivity index (χ0) is 22.2. The Morgan fingerprint density at radius 2 is 1.47 bits per heavy atom. The molecule has 158 valence electrons. The molecule has 0 saturated carbocycles. The van der Waals surface area contributed by atoms with Crippen LogP contribution in [0.1, 0.15) is 21.5 Å². The van der Waals surface area contributed by atoms with Crippen molar-refractivity contribution in [3.05, 3.63) is 120 Å². The second kappa shape index (κ2) is 10.1. The number of hydrogen-bond donors (Lipinski definition) is 1. The molecule has 0 bridgehead atoms. The fourth-order valence-corrected chi connectivity index (χ4v) is 2.97. The molecular formula is C27H21NO4. The van der Waals surface area contributed by atoms with Crippen LogP contribution in [0.4, 0.5) is 5.69 Å². The molecule has 0 heterocycles. The smallest absolute Gasteiger partial charge is 0.335 e. The van der Waals surface area contributed by atoms with E-state index in [0.717, 1.165) is 28.3 Å². The number of aromatic carboxylic acids is 1. The molecule has 0 unspecified atom stereocenters. The van der Waals surface area contributed by atoms with E-state index in [2.05, 4.69) is 4.99 Å². The van der Waals surface area contributed by atoms with E-state index in [1.165, 1.54) is 0 Å². The predicted octanol–water partition coefficient (Wildman–Crippen LogP) is 6.51. The van der Waals surface area contributed by atoms with Crippen LogP contribution in [0.15, 0.2) is 108 Å². The lowest BCUT2D eigenvalue weighted by Gasteiger charge is -2.07. The maximum absolute atomic E-state index is 10.9. The van der Waals surface area contributed by atoms with E-state index >= 15 is 0 Å². The predicted molar refractivity (Wildman–Crippen MR) is 124 cm³/mol. The van der Waals surface area contributed by atoms with Crippen LogP contribution in [-0.2, 0) is 6.61 Å². The summed E-state index contributed by atoms with van der Waals surface area (Å²) in [6.45, 7) is 0.351. The van der Waals surface area contributed by atoms with Crippen molar-refractivity contribution in [2.45, 2.75) is 6.61 Å². The van der Waals surface area contributed by atoms with Gasteiger partial charge in [-0.05, 0) is 71.8 Å². The fraction of sp³-hybridized carbons (Fsp3) is 0.0370. The number of rotatable bonds is 8.